The summed E-state index contributed by atoms with van der Waals surface area (Å²) in [5.41, 5.74) is 13.3. The van der Waals surface area contributed by atoms with Crippen LogP contribution in [0.25, 0.3) is 0 Å². The summed E-state index contributed by atoms with van der Waals surface area (Å²) < 4.78 is 5.12. The second kappa shape index (κ2) is 6.99. The second-order valence-corrected chi connectivity index (χ2v) is 4.97. The SMILES string of the molecule is COCCN(CC(C)C)c1cc(C(N)=O)ccc1N. The van der Waals surface area contributed by atoms with Gasteiger partial charge in [-0.15, -0.1) is 0 Å². The lowest BCUT2D eigenvalue weighted by Gasteiger charge is -2.28. The molecule has 0 saturated heterocycles. The molecule has 1 aromatic rings. The van der Waals surface area contributed by atoms with Gasteiger partial charge in [0.2, 0.25) is 5.91 Å². The van der Waals surface area contributed by atoms with Crippen LogP contribution < -0.4 is 16.4 Å². The van der Waals surface area contributed by atoms with Gasteiger partial charge in [-0.25, -0.2) is 0 Å². The van der Waals surface area contributed by atoms with Crippen LogP contribution in [-0.2, 0) is 4.74 Å². The first-order chi connectivity index (χ1) is 8.95. The topological polar surface area (TPSA) is 81.6 Å². The normalized spacial score (nSPS) is 10.7. The largest absolute Gasteiger partial charge is 0.397 e. The maximum absolute atomic E-state index is 11.3. The molecule has 0 fully saturated rings. The maximum atomic E-state index is 11.3. The number of hydrogen-bond acceptors (Lipinski definition) is 4. The number of primary amides is 1. The molecule has 5 heteroatoms. The molecule has 0 aliphatic carbocycles. The Labute approximate surface area is 114 Å². The summed E-state index contributed by atoms with van der Waals surface area (Å²) in [7, 11) is 1.66. The third kappa shape index (κ3) is 4.44. The second-order valence-electron chi connectivity index (χ2n) is 4.97. The zero-order valence-corrected chi connectivity index (χ0v) is 11.8. The number of carbonyl (C=O) groups is 1. The van der Waals surface area contributed by atoms with Gasteiger partial charge < -0.3 is 21.1 Å². The van der Waals surface area contributed by atoms with Gasteiger partial charge in [-0.1, -0.05) is 13.8 Å². The molecular weight excluding hydrogens is 242 g/mol. The zero-order chi connectivity index (χ0) is 14.4. The van der Waals surface area contributed by atoms with Crippen molar-refractivity contribution in [2.24, 2.45) is 11.7 Å². The molecule has 0 spiro atoms. The van der Waals surface area contributed by atoms with Gasteiger partial charge in [-0.2, -0.15) is 0 Å². The zero-order valence-electron chi connectivity index (χ0n) is 11.8. The standard InChI is InChI=1S/C14H23N3O2/c1-10(2)9-17(6-7-19-3)13-8-11(14(16)18)4-5-12(13)15/h4-5,8,10H,6-7,9,15H2,1-3H3,(H2,16,18). The summed E-state index contributed by atoms with van der Waals surface area (Å²) in [4.78, 5) is 13.4. The van der Waals surface area contributed by atoms with Gasteiger partial charge in [0.1, 0.15) is 0 Å². The minimum absolute atomic E-state index is 0.447. The number of carbonyl (C=O) groups excluding carboxylic acids is 1. The highest BCUT2D eigenvalue weighted by Crippen LogP contribution is 2.25. The van der Waals surface area contributed by atoms with E-state index in [1.807, 2.05) is 0 Å². The van der Waals surface area contributed by atoms with Crippen molar-refractivity contribution in [1.82, 2.24) is 0 Å². The first-order valence-electron chi connectivity index (χ1n) is 6.39. The number of ether oxygens (including phenoxy) is 1. The monoisotopic (exact) mass is 265 g/mol. The number of anilines is 2. The van der Waals surface area contributed by atoms with E-state index in [1.54, 1.807) is 25.3 Å². The number of hydrogen-bond donors (Lipinski definition) is 2. The lowest BCUT2D eigenvalue weighted by Crippen LogP contribution is -2.31. The van der Waals surface area contributed by atoms with Crippen molar-refractivity contribution < 1.29 is 9.53 Å². The van der Waals surface area contributed by atoms with E-state index in [-0.39, 0.29) is 0 Å². The Morgan fingerprint density at radius 1 is 1.42 bits per heavy atom. The number of benzene rings is 1. The molecule has 1 amide bonds. The van der Waals surface area contributed by atoms with Crippen LogP contribution in [0.4, 0.5) is 11.4 Å². The molecule has 0 aliphatic heterocycles. The number of nitrogens with two attached hydrogens (primary N) is 2. The molecule has 0 radical (unpaired) electrons. The summed E-state index contributed by atoms with van der Waals surface area (Å²) in [6.45, 7) is 6.44. The molecule has 106 valence electrons. The number of rotatable bonds is 7. The summed E-state index contributed by atoms with van der Waals surface area (Å²) >= 11 is 0. The van der Waals surface area contributed by atoms with Gasteiger partial charge in [0, 0.05) is 25.8 Å². The van der Waals surface area contributed by atoms with Crippen molar-refractivity contribution in [1.29, 1.82) is 0 Å². The Hall–Kier alpha value is -1.75. The van der Waals surface area contributed by atoms with Crippen molar-refractivity contribution in [3.63, 3.8) is 0 Å². The highest BCUT2D eigenvalue weighted by atomic mass is 16.5. The first-order valence-corrected chi connectivity index (χ1v) is 6.39. The van der Waals surface area contributed by atoms with Crippen LogP contribution in [0.5, 0.6) is 0 Å². The summed E-state index contributed by atoms with van der Waals surface area (Å²) in [5, 5.41) is 0. The van der Waals surface area contributed by atoms with Crippen LogP contribution in [0.3, 0.4) is 0 Å². The number of amides is 1. The minimum atomic E-state index is -0.447. The van der Waals surface area contributed by atoms with Crippen LogP contribution in [-0.4, -0.2) is 32.7 Å². The summed E-state index contributed by atoms with van der Waals surface area (Å²) in [6.07, 6.45) is 0. The van der Waals surface area contributed by atoms with E-state index in [9.17, 15) is 4.79 Å². The Kier molecular flexibility index (Phi) is 5.63. The average Bonchev–Trinajstić information content (AvgIpc) is 2.34. The molecule has 0 atom stereocenters. The molecule has 5 nitrogen and oxygen atoms in total. The van der Waals surface area contributed by atoms with Crippen molar-refractivity contribution in [3.8, 4) is 0 Å². The van der Waals surface area contributed by atoms with Crippen LogP contribution in [0, 0.1) is 5.92 Å². The van der Waals surface area contributed by atoms with E-state index < -0.39 is 5.91 Å². The Morgan fingerprint density at radius 3 is 2.63 bits per heavy atom. The molecule has 0 saturated carbocycles. The molecular formula is C14H23N3O2. The van der Waals surface area contributed by atoms with Crippen molar-refractivity contribution in [3.05, 3.63) is 23.8 Å². The number of nitrogen functional groups attached to an aromatic ring is 1. The van der Waals surface area contributed by atoms with Crippen molar-refractivity contribution >= 4 is 17.3 Å². The molecule has 1 aromatic carbocycles. The van der Waals surface area contributed by atoms with Crippen LogP contribution in [0.2, 0.25) is 0 Å². The number of methoxy groups -OCH3 is 1. The lowest BCUT2D eigenvalue weighted by molar-refractivity contribution is 0.100. The van der Waals surface area contributed by atoms with Crippen LogP contribution in [0.1, 0.15) is 24.2 Å². The lowest BCUT2D eigenvalue weighted by atomic mass is 10.1. The fraction of sp³-hybridized carbons (Fsp3) is 0.500. The molecule has 0 aliphatic rings. The average molecular weight is 265 g/mol. The van der Waals surface area contributed by atoms with E-state index in [1.165, 1.54) is 0 Å². The number of nitrogens with zero attached hydrogens (tertiary/aromatic N) is 1. The van der Waals surface area contributed by atoms with Gasteiger partial charge in [0.15, 0.2) is 0 Å². The van der Waals surface area contributed by atoms with E-state index in [2.05, 4.69) is 18.7 Å². The quantitative estimate of drug-likeness (QED) is 0.732. The Balaban J connectivity index is 3.04. The summed E-state index contributed by atoms with van der Waals surface area (Å²) in [6, 6.07) is 5.11. The molecule has 0 bridgehead atoms. The molecule has 0 aromatic heterocycles. The van der Waals surface area contributed by atoms with Gasteiger partial charge in [0.05, 0.1) is 18.0 Å². The maximum Gasteiger partial charge on any atom is 0.248 e. The predicted octanol–water partition coefficient (Wildman–Crippen LogP) is 1.48. The highest BCUT2D eigenvalue weighted by Gasteiger charge is 2.13. The third-order valence-electron chi connectivity index (χ3n) is 2.81. The molecule has 19 heavy (non-hydrogen) atoms. The smallest absolute Gasteiger partial charge is 0.248 e. The predicted molar refractivity (Wildman–Crippen MR) is 78.3 cm³/mol. The van der Waals surface area contributed by atoms with Gasteiger partial charge >= 0.3 is 0 Å². The van der Waals surface area contributed by atoms with E-state index in [0.29, 0.717) is 23.8 Å². The third-order valence-corrected chi connectivity index (χ3v) is 2.81. The molecule has 0 heterocycles. The fourth-order valence-corrected chi connectivity index (χ4v) is 1.92. The first kappa shape index (κ1) is 15.3. The van der Waals surface area contributed by atoms with Gasteiger partial charge in [-0.3, -0.25) is 4.79 Å². The molecule has 0 unspecified atom stereocenters. The van der Waals surface area contributed by atoms with Gasteiger partial charge in [0.25, 0.3) is 0 Å². The highest BCUT2D eigenvalue weighted by molar-refractivity contribution is 5.95. The van der Waals surface area contributed by atoms with Crippen molar-refractivity contribution in [2.75, 3.05) is 37.4 Å². The Bertz CT molecular complexity index is 433. The minimum Gasteiger partial charge on any atom is -0.397 e. The van der Waals surface area contributed by atoms with Gasteiger partial charge in [-0.05, 0) is 24.1 Å². The van der Waals surface area contributed by atoms with Crippen LogP contribution in [0.15, 0.2) is 18.2 Å². The van der Waals surface area contributed by atoms with Crippen molar-refractivity contribution in [2.45, 2.75) is 13.8 Å². The Morgan fingerprint density at radius 2 is 2.11 bits per heavy atom. The molecule has 1 rings (SSSR count). The molecule has 4 N–H and O–H groups in total. The van der Waals surface area contributed by atoms with E-state index in [4.69, 9.17) is 16.2 Å². The van der Waals surface area contributed by atoms with E-state index >= 15 is 0 Å². The summed E-state index contributed by atoms with van der Waals surface area (Å²) in [5.74, 6) is 0.0333. The van der Waals surface area contributed by atoms with Crippen LogP contribution >= 0.6 is 0 Å². The fourth-order valence-electron chi connectivity index (χ4n) is 1.92. The van der Waals surface area contributed by atoms with E-state index in [0.717, 1.165) is 18.8 Å².